The summed E-state index contributed by atoms with van der Waals surface area (Å²) < 4.78 is 5.54. The number of rotatable bonds is 3. The summed E-state index contributed by atoms with van der Waals surface area (Å²) in [5.74, 6) is 0.693. The van der Waals surface area contributed by atoms with Crippen molar-refractivity contribution in [2.24, 2.45) is 0 Å². The van der Waals surface area contributed by atoms with Crippen LogP contribution in [0.5, 0.6) is 5.88 Å². The first-order chi connectivity index (χ1) is 11.8. The van der Waals surface area contributed by atoms with Crippen molar-refractivity contribution in [3.8, 4) is 5.88 Å². The van der Waals surface area contributed by atoms with E-state index in [1.54, 1.807) is 7.11 Å². The molecule has 1 aromatic carbocycles. The van der Waals surface area contributed by atoms with Gasteiger partial charge < -0.3 is 14.5 Å². The van der Waals surface area contributed by atoms with Gasteiger partial charge >= 0.3 is 0 Å². The van der Waals surface area contributed by atoms with Crippen LogP contribution in [0.15, 0.2) is 48.8 Å². The minimum absolute atomic E-state index is 0.693. The summed E-state index contributed by atoms with van der Waals surface area (Å²) >= 11 is 0. The highest BCUT2D eigenvalue weighted by Crippen LogP contribution is 2.33. The number of aromatic nitrogens is 2. The molecular formula is C19H20N4O. The van der Waals surface area contributed by atoms with Gasteiger partial charge in [-0.1, -0.05) is 18.2 Å². The van der Waals surface area contributed by atoms with Crippen molar-refractivity contribution in [1.82, 2.24) is 9.97 Å². The van der Waals surface area contributed by atoms with Crippen molar-refractivity contribution in [3.63, 3.8) is 0 Å². The molecule has 5 heteroatoms. The van der Waals surface area contributed by atoms with Gasteiger partial charge in [-0.3, -0.25) is 4.98 Å². The number of nitrogens with zero attached hydrogens (tertiary/aromatic N) is 4. The Labute approximate surface area is 141 Å². The quantitative estimate of drug-likeness (QED) is 0.742. The van der Waals surface area contributed by atoms with Crippen molar-refractivity contribution in [3.05, 3.63) is 54.4 Å². The zero-order valence-electron chi connectivity index (χ0n) is 13.9. The predicted molar refractivity (Wildman–Crippen MR) is 96.9 cm³/mol. The summed E-state index contributed by atoms with van der Waals surface area (Å²) in [6.45, 7) is 2.69. The van der Waals surface area contributed by atoms with Gasteiger partial charge in [-0.25, -0.2) is 4.98 Å². The van der Waals surface area contributed by atoms with Crippen LogP contribution in [-0.4, -0.2) is 37.2 Å². The monoisotopic (exact) mass is 320 g/mol. The molecule has 0 atom stereocenters. The Bertz CT molecular complexity index is 880. The Kier molecular flexibility index (Phi) is 3.69. The molecule has 4 rings (SSSR count). The predicted octanol–water partition coefficient (Wildman–Crippen LogP) is 3.09. The number of benzene rings is 1. The Morgan fingerprint density at radius 2 is 2.00 bits per heavy atom. The number of para-hydroxylation sites is 1. The highest BCUT2D eigenvalue weighted by Gasteiger charge is 2.21. The summed E-state index contributed by atoms with van der Waals surface area (Å²) in [4.78, 5) is 13.6. The Morgan fingerprint density at radius 3 is 2.88 bits per heavy atom. The maximum Gasteiger partial charge on any atom is 0.218 e. The lowest BCUT2D eigenvalue weighted by Gasteiger charge is -2.36. The molecule has 0 aliphatic carbocycles. The second kappa shape index (κ2) is 6.00. The smallest absolute Gasteiger partial charge is 0.218 e. The van der Waals surface area contributed by atoms with Gasteiger partial charge in [0.15, 0.2) is 0 Å². The lowest BCUT2D eigenvalue weighted by Crippen LogP contribution is -2.38. The molecule has 0 unspecified atom stereocenters. The van der Waals surface area contributed by atoms with Gasteiger partial charge in [0.2, 0.25) is 5.88 Å². The van der Waals surface area contributed by atoms with Gasteiger partial charge in [-0.2, -0.15) is 0 Å². The molecule has 0 N–H and O–H groups in total. The van der Waals surface area contributed by atoms with E-state index in [1.165, 1.54) is 5.69 Å². The van der Waals surface area contributed by atoms with Gasteiger partial charge in [0, 0.05) is 43.8 Å². The zero-order chi connectivity index (χ0) is 16.5. The molecule has 1 aliphatic heterocycles. The first-order valence-corrected chi connectivity index (χ1v) is 8.09. The molecule has 3 aromatic rings. The Balaban J connectivity index is 1.73. The van der Waals surface area contributed by atoms with Crippen molar-refractivity contribution < 1.29 is 4.74 Å². The molecule has 122 valence electrons. The highest BCUT2D eigenvalue weighted by molar-refractivity contribution is 5.80. The third-order valence-corrected chi connectivity index (χ3v) is 4.55. The van der Waals surface area contributed by atoms with E-state index < -0.39 is 0 Å². The van der Waals surface area contributed by atoms with Crippen LogP contribution in [0.3, 0.4) is 0 Å². The third kappa shape index (κ3) is 2.52. The van der Waals surface area contributed by atoms with Crippen LogP contribution >= 0.6 is 0 Å². The standard InChI is InChI=1S/C19H20N4O/c1-22-9-10-23(18-12-20-8-7-17(18)22)13-15-11-14-5-3-4-6-16(14)21-19(15)24-2/h3-8,11-12H,9-10,13H2,1-2H3. The van der Waals surface area contributed by atoms with Crippen LogP contribution in [0.1, 0.15) is 5.56 Å². The molecule has 0 radical (unpaired) electrons. The number of methoxy groups -OCH3 is 1. The lowest BCUT2D eigenvalue weighted by molar-refractivity contribution is 0.393. The van der Waals surface area contributed by atoms with E-state index in [9.17, 15) is 0 Å². The van der Waals surface area contributed by atoms with Crippen molar-refractivity contribution in [2.75, 3.05) is 37.0 Å². The molecule has 0 saturated heterocycles. The van der Waals surface area contributed by atoms with Gasteiger partial charge in [-0.05, 0) is 18.2 Å². The van der Waals surface area contributed by atoms with Crippen molar-refractivity contribution in [1.29, 1.82) is 0 Å². The largest absolute Gasteiger partial charge is 0.481 e. The summed E-state index contributed by atoms with van der Waals surface area (Å²) in [7, 11) is 3.80. The fourth-order valence-electron chi connectivity index (χ4n) is 3.26. The molecule has 1 aliphatic rings. The topological polar surface area (TPSA) is 41.5 Å². The van der Waals surface area contributed by atoms with Crippen LogP contribution in [0.2, 0.25) is 0 Å². The van der Waals surface area contributed by atoms with E-state index in [-0.39, 0.29) is 0 Å². The first kappa shape index (κ1) is 14.8. The lowest BCUT2D eigenvalue weighted by atomic mass is 10.1. The summed E-state index contributed by atoms with van der Waals surface area (Å²) in [6, 6.07) is 12.4. The van der Waals surface area contributed by atoms with E-state index in [4.69, 9.17) is 4.74 Å². The Morgan fingerprint density at radius 1 is 1.12 bits per heavy atom. The van der Waals surface area contributed by atoms with Crippen LogP contribution in [0.4, 0.5) is 11.4 Å². The third-order valence-electron chi connectivity index (χ3n) is 4.55. The van der Waals surface area contributed by atoms with E-state index >= 15 is 0 Å². The molecule has 0 amide bonds. The molecule has 0 bridgehead atoms. The first-order valence-electron chi connectivity index (χ1n) is 8.09. The molecule has 0 spiro atoms. The fraction of sp³-hybridized carbons (Fsp3) is 0.263. The molecule has 2 aromatic heterocycles. The van der Waals surface area contributed by atoms with Crippen molar-refractivity contribution in [2.45, 2.75) is 6.54 Å². The second-order valence-electron chi connectivity index (χ2n) is 6.06. The number of hydrogen-bond donors (Lipinski definition) is 0. The maximum absolute atomic E-state index is 5.54. The van der Waals surface area contributed by atoms with E-state index in [1.807, 2.05) is 30.6 Å². The maximum atomic E-state index is 5.54. The SMILES string of the molecule is COc1nc2ccccc2cc1CN1CCN(C)c2ccncc21. The highest BCUT2D eigenvalue weighted by atomic mass is 16.5. The number of hydrogen-bond acceptors (Lipinski definition) is 5. The van der Waals surface area contributed by atoms with Crippen LogP contribution in [0.25, 0.3) is 10.9 Å². The van der Waals surface area contributed by atoms with E-state index in [2.05, 4.69) is 45.0 Å². The Hall–Kier alpha value is -2.82. The average molecular weight is 320 g/mol. The normalized spacial score (nSPS) is 13.9. The summed E-state index contributed by atoms with van der Waals surface area (Å²) in [5, 5.41) is 1.13. The zero-order valence-corrected chi connectivity index (χ0v) is 13.9. The number of ether oxygens (including phenoxy) is 1. The number of fused-ring (bicyclic) bond motifs is 2. The van der Waals surface area contributed by atoms with Crippen LogP contribution < -0.4 is 14.5 Å². The molecule has 0 fully saturated rings. The molecule has 5 nitrogen and oxygen atoms in total. The molecule has 3 heterocycles. The van der Waals surface area contributed by atoms with Crippen molar-refractivity contribution >= 4 is 22.3 Å². The van der Waals surface area contributed by atoms with Gasteiger partial charge in [0.25, 0.3) is 0 Å². The molecule has 24 heavy (non-hydrogen) atoms. The van der Waals surface area contributed by atoms with Gasteiger partial charge in [-0.15, -0.1) is 0 Å². The number of likely N-dealkylation sites (N-methyl/N-ethyl adjacent to an activating group) is 1. The number of anilines is 2. The second-order valence-corrected chi connectivity index (χ2v) is 6.06. The van der Waals surface area contributed by atoms with Gasteiger partial charge in [0.05, 0.1) is 30.2 Å². The summed E-state index contributed by atoms with van der Waals surface area (Å²) in [5.41, 5.74) is 4.42. The van der Waals surface area contributed by atoms with Crippen LogP contribution in [-0.2, 0) is 6.54 Å². The molecule has 0 saturated carbocycles. The van der Waals surface area contributed by atoms with E-state index in [0.29, 0.717) is 5.88 Å². The minimum atomic E-state index is 0.693. The summed E-state index contributed by atoms with van der Waals surface area (Å²) in [6.07, 6.45) is 3.78. The van der Waals surface area contributed by atoms with E-state index in [0.717, 1.165) is 41.8 Å². The fourth-order valence-corrected chi connectivity index (χ4v) is 3.26. The number of pyridine rings is 2. The molecular weight excluding hydrogens is 300 g/mol. The minimum Gasteiger partial charge on any atom is -0.481 e. The van der Waals surface area contributed by atoms with Crippen LogP contribution in [0, 0.1) is 0 Å². The average Bonchev–Trinajstić information content (AvgIpc) is 2.63. The van der Waals surface area contributed by atoms with Gasteiger partial charge in [0.1, 0.15) is 0 Å².